The molecule has 0 aliphatic heterocycles. The van der Waals surface area contributed by atoms with Gasteiger partial charge < -0.3 is 18.3 Å². The molecule has 0 spiro atoms. The van der Waals surface area contributed by atoms with E-state index in [1.165, 1.54) is 187 Å². The first-order valence-electron chi connectivity index (χ1n) is 39.9. The number of rotatable bonds is 11. The van der Waals surface area contributed by atoms with Crippen LogP contribution in [0.15, 0.2) is 425 Å². The summed E-state index contributed by atoms with van der Waals surface area (Å²) in [6, 6.07) is 156. The van der Waals surface area contributed by atoms with Crippen molar-refractivity contribution in [2.24, 2.45) is 0 Å². The van der Waals surface area contributed by atoms with Gasteiger partial charge in [0.2, 0.25) is 0 Å². The lowest BCUT2D eigenvalue weighted by Gasteiger charge is -2.22. The van der Waals surface area contributed by atoms with E-state index >= 15 is 0 Å². The Morgan fingerprint density at radius 3 is 1.01 bits per heavy atom. The van der Waals surface area contributed by atoms with E-state index < -0.39 is 0 Å². The predicted molar refractivity (Wildman–Crippen MR) is 486 cm³/mol. The van der Waals surface area contributed by atoms with E-state index in [4.69, 9.17) is 0 Å². The van der Waals surface area contributed by atoms with E-state index in [2.05, 4.69) is 457 Å². The first-order chi connectivity index (χ1) is 56.8. The maximum atomic E-state index is 2.48. The summed E-state index contributed by atoms with van der Waals surface area (Å²) in [6.07, 6.45) is 0. The third kappa shape index (κ3) is 11.3. The molecule has 4 heterocycles. The summed E-state index contributed by atoms with van der Waals surface area (Å²) in [6.45, 7) is 4.73. The Balaban J connectivity index is 0.000000140. The highest BCUT2D eigenvalue weighted by Crippen LogP contribution is 2.51. The van der Waals surface area contributed by atoms with Crippen molar-refractivity contribution >= 4 is 87.2 Å². The van der Waals surface area contributed by atoms with Gasteiger partial charge in [0.15, 0.2) is 0 Å². The number of para-hydroxylation sites is 7. The van der Waals surface area contributed by atoms with Gasteiger partial charge in [-0.3, -0.25) is 0 Å². The van der Waals surface area contributed by atoms with Crippen LogP contribution in [0.1, 0.15) is 25.0 Å². The van der Waals surface area contributed by atoms with Crippen LogP contribution in [0.5, 0.6) is 0 Å². The summed E-state index contributed by atoms with van der Waals surface area (Å²) in [5.41, 5.74) is 36.4. The van der Waals surface area contributed by atoms with E-state index in [0.717, 1.165) is 22.7 Å². The molecule has 0 bridgehead atoms. The second kappa shape index (κ2) is 27.3. The monoisotopic (exact) mass is 1460 g/mol. The van der Waals surface area contributed by atoms with Crippen molar-refractivity contribution in [3.05, 3.63) is 436 Å². The molecule has 23 rings (SSSR count). The van der Waals surface area contributed by atoms with Gasteiger partial charge in [0.1, 0.15) is 0 Å². The lowest BCUT2D eigenvalue weighted by atomic mass is 9.81. The van der Waals surface area contributed by atoms with E-state index in [-0.39, 0.29) is 5.41 Å². The van der Waals surface area contributed by atoms with Crippen molar-refractivity contribution in [1.29, 1.82) is 0 Å². The smallest absolute Gasteiger partial charge is 0.0619 e. The summed E-state index contributed by atoms with van der Waals surface area (Å²) in [5, 5.41) is 9.99. The standard InChI is InChI=1S/C57H40N2.C54H36N2/c1-57(2)51-23-10-6-19-45(51)46-29-27-40(36-52(46)57)42-31-41(33-44(34-42)59-53-24-11-7-20-47(53)48-21-8-12-25-54(48)59)39-28-30-56-50(35-39)49-22-9-13-26-55(49)58(56)43-18-14-17-38(32-43)37-15-4-3-5-16-37;1-4-15-37(16-5-1)38-27-29-39(30-28-38)42-33-43(41-31-32-53-50(36-41)48-22-11-12-25-51(48)55(53)44-19-8-3-9-20-44)35-45(34-42)56-52-26-13-10-21-47(52)49-24-14-23-46(54(49)56)40-17-6-2-7-18-40/h3-36H,1-2H3;1-36H. The highest BCUT2D eigenvalue weighted by Gasteiger charge is 2.35. The normalized spacial score (nSPS) is 12.3. The summed E-state index contributed by atoms with van der Waals surface area (Å²) in [7, 11) is 0. The molecule has 4 nitrogen and oxygen atoms in total. The third-order valence-electron chi connectivity index (χ3n) is 24.2. The molecule has 0 N–H and O–H groups in total. The molecule has 18 aromatic carbocycles. The predicted octanol–water partition coefficient (Wildman–Crippen LogP) is 29.7. The molecule has 4 heteroatoms. The first-order valence-corrected chi connectivity index (χ1v) is 39.9. The number of aromatic nitrogens is 4. The highest BCUT2D eigenvalue weighted by molar-refractivity contribution is 6.16. The fourth-order valence-electron chi connectivity index (χ4n) is 18.7. The molecular formula is C111H76N4. The van der Waals surface area contributed by atoms with Gasteiger partial charge in [0.05, 0.1) is 44.1 Å². The average molecular weight is 1470 g/mol. The Morgan fingerprint density at radius 1 is 0.157 bits per heavy atom. The van der Waals surface area contributed by atoms with Crippen molar-refractivity contribution < 1.29 is 0 Å². The zero-order chi connectivity index (χ0) is 76.2. The van der Waals surface area contributed by atoms with Gasteiger partial charge in [0.25, 0.3) is 0 Å². The Kier molecular flexibility index (Phi) is 15.9. The van der Waals surface area contributed by atoms with Gasteiger partial charge in [-0.25, -0.2) is 0 Å². The molecule has 0 fully saturated rings. The number of nitrogens with zero attached hydrogens (tertiary/aromatic N) is 4. The van der Waals surface area contributed by atoms with Crippen LogP contribution < -0.4 is 0 Å². The molecule has 0 saturated heterocycles. The number of hydrogen-bond donors (Lipinski definition) is 0. The van der Waals surface area contributed by atoms with Crippen molar-refractivity contribution in [2.45, 2.75) is 19.3 Å². The molecule has 0 unspecified atom stereocenters. The Morgan fingerprint density at radius 2 is 0.461 bits per heavy atom. The number of fused-ring (bicyclic) bond motifs is 15. The Labute approximate surface area is 667 Å². The van der Waals surface area contributed by atoms with Crippen LogP contribution in [0, 0.1) is 0 Å². The minimum Gasteiger partial charge on any atom is -0.309 e. The summed E-state index contributed by atoms with van der Waals surface area (Å²) >= 11 is 0. The molecule has 1 aliphatic carbocycles. The van der Waals surface area contributed by atoms with Gasteiger partial charge in [-0.15, -0.1) is 0 Å². The number of benzene rings is 18. The third-order valence-corrected chi connectivity index (χ3v) is 24.2. The Hall–Kier alpha value is -14.8. The molecule has 115 heavy (non-hydrogen) atoms. The number of hydrogen-bond acceptors (Lipinski definition) is 0. The molecule has 0 amide bonds. The maximum Gasteiger partial charge on any atom is 0.0619 e. The fraction of sp³-hybridized carbons (Fsp3) is 0.0270. The largest absolute Gasteiger partial charge is 0.309 e. The molecule has 0 atom stereocenters. The second-order valence-electron chi connectivity index (χ2n) is 31.1. The molecule has 0 radical (unpaired) electrons. The van der Waals surface area contributed by atoms with Gasteiger partial charge in [0, 0.05) is 76.8 Å². The van der Waals surface area contributed by atoms with Crippen molar-refractivity contribution in [2.75, 3.05) is 0 Å². The summed E-state index contributed by atoms with van der Waals surface area (Å²) in [5.74, 6) is 0. The molecule has 1 aliphatic rings. The van der Waals surface area contributed by atoms with Crippen LogP contribution in [0.3, 0.4) is 0 Å². The highest BCUT2D eigenvalue weighted by atomic mass is 15.0. The lowest BCUT2D eigenvalue weighted by molar-refractivity contribution is 0.660. The zero-order valence-electron chi connectivity index (χ0n) is 63.7. The van der Waals surface area contributed by atoms with Gasteiger partial charge >= 0.3 is 0 Å². The lowest BCUT2D eigenvalue weighted by Crippen LogP contribution is -2.14. The maximum absolute atomic E-state index is 2.48. The van der Waals surface area contributed by atoms with Crippen LogP contribution in [-0.4, -0.2) is 18.3 Å². The van der Waals surface area contributed by atoms with E-state index in [1.807, 2.05) is 0 Å². The zero-order valence-corrected chi connectivity index (χ0v) is 63.7. The van der Waals surface area contributed by atoms with Crippen LogP contribution in [0.4, 0.5) is 0 Å². The van der Waals surface area contributed by atoms with Crippen LogP contribution >= 0.6 is 0 Å². The molecule has 4 aromatic heterocycles. The van der Waals surface area contributed by atoms with Crippen LogP contribution in [0.25, 0.3) is 199 Å². The first kappa shape index (κ1) is 67.1. The molecule has 540 valence electrons. The average Bonchev–Trinajstić information content (AvgIpc) is 1.59. The van der Waals surface area contributed by atoms with Gasteiger partial charge in [-0.1, -0.05) is 317 Å². The summed E-state index contributed by atoms with van der Waals surface area (Å²) in [4.78, 5) is 0. The quantitative estimate of drug-likeness (QED) is 0.123. The van der Waals surface area contributed by atoms with E-state index in [9.17, 15) is 0 Å². The molecular weight excluding hydrogens is 1390 g/mol. The topological polar surface area (TPSA) is 19.7 Å². The van der Waals surface area contributed by atoms with Crippen LogP contribution in [0.2, 0.25) is 0 Å². The minimum absolute atomic E-state index is 0.0882. The van der Waals surface area contributed by atoms with Crippen molar-refractivity contribution in [1.82, 2.24) is 18.3 Å². The second-order valence-corrected chi connectivity index (χ2v) is 31.1. The van der Waals surface area contributed by atoms with Gasteiger partial charge in [-0.2, -0.15) is 0 Å². The SMILES string of the molecule is CC1(C)c2ccccc2-c2ccc(-c3cc(-c4ccc5c(c4)c4ccccc4n5-c4cccc(-c5ccccc5)c4)cc(-n4c5ccccc5c5ccccc54)c3)cc21.c1ccc(-c2ccc(-c3cc(-c4ccc5c(c4)c4ccccc4n5-c4ccccc4)cc(-n4c5ccccc5c5cccc(-c6ccccc6)c54)c3)cc2)cc1. The van der Waals surface area contributed by atoms with E-state index in [1.54, 1.807) is 0 Å². The molecule has 22 aromatic rings. The minimum atomic E-state index is -0.0882. The van der Waals surface area contributed by atoms with Crippen LogP contribution in [-0.2, 0) is 5.41 Å². The van der Waals surface area contributed by atoms with Gasteiger partial charge in [-0.05, 0) is 216 Å². The Bertz CT molecular complexity index is 7530. The molecule has 0 saturated carbocycles. The summed E-state index contributed by atoms with van der Waals surface area (Å²) < 4.78 is 9.74. The fourth-order valence-corrected chi connectivity index (χ4v) is 18.7. The van der Waals surface area contributed by atoms with Crippen molar-refractivity contribution in [3.8, 4) is 112 Å². The van der Waals surface area contributed by atoms with Crippen molar-refractivity contribution in [3.63, 3.8) is 0 Å². The van der Waals surface area contributed by atoms with E-state index in [0.29, 0.717) is 0 Å².